The molecule has 2 aromatic rings. The van der Waals surface area contributed by atoms with Gasteiger partial charge in [-0.25, -0.2) is 4.39 Å². The number of benzene rings is 1. The second kappa shape index (κ2) is 7.87. The van der Waals surface area contributed by atoms with E-state index in [-0.39, 0.29) is 41.6 Å². The number of aromatic nitrogens is 2. The summed E-state index contributed by atoms with van der Waals surface area (Å²) in [6.45, 7) is 4.90. The summed E-state index contributed by atoms with van der Waals surface area (Å²) in [6.07, 6.45) is 0. The first-order valence-corrected chi connectivity index (χ1v) is 8.82. The summed E-state index contributed by atoms with van der Waals surface area (Å²) in [5.74, 6) is -0.855. The molecule has 0 spiro atoms. The molecule has 1 aromatic carbocycles. The summed E-state index contributed by atoms with van der Waals surface area (Å²) < 4.78 is 20.7. The van der Waals surface area contributed by atoms with Crippen LogP contribution in [0.4, 0.5) is 4.39 Å². The number of ether oxygens (including phenoxy) is 1. The van der Waals surface area contributed by atoms with E-state index in [2.05, 4.69) is 15.7 Å². The molecule has 1 aliphatic rings. The zero-order chi connectivity index (χ0) is 19.6. The third-order valence-corrected chi connectivity index (χ3v) is 4.72. The molecule has 8 heteroatoms. The zero-order valence-corrected chi connectivity index (χ0v) is 15.6. The molecule has 0 saturated carbocycles. The number of hydrogen-bond acceptors (Lipinski definition) is 4. The van der Waals surface area contributed by atoms with E-state index in [1.165, 1.54) is 23.9 Å². The van der Waals surface area contributed by atoms with Crippen LogP contribution in [0.2, 0.25) is 0 Å². The number of carbonyl (C=O) groups is 2. The number of nitrogens with zero attached hydrogens (tertiary/aromatic N) is 2. The molecule has 2 amide bonds. The van der Waals surface area contributed by atoms with Crippen LogP contribution in [0.1, 0.15) is 39.0 Å². The molecule has 1 aromatic heterocycles. The molecule has 144 valence electrons. The van der Waals surface area contributed by atoms with Crippen molar-refractivity contribution in [3.63, 3.8) is 0 Å². The van der Waals surface area contributed by atoms with Crippen molar-refractivity contribution in [1.29, 1.82) is 0 Å². The van der Waals surface area contributed by atoms with Crippen LogP contribution < -0.4 is 10.6 Å². The van der Waals surface area contributed by atoms with Gasteiger partial charge < -0.3 is 15.4 Å². The van der Waals surface area contributed by atoms with E-state index in [1.54, 1.807) is 19.1 Å². The van der Waals surface area contributed by atoms with Crippen LogP contribution in [0, 0.1) is 18.7 Å². The van der Waals surface area contributed by atoms with Crippen molar-refractivity contribution in [2.24, 2.45) is 5.92 Å². The lowest BCUT2D eigenvalue weighted by Crippen LogP contribution is -2.39. The Balaban J connectivity index is 1.88. The summed E-state index contributed by atoms with van der Waals surface area (Å²) in [7, 11) is 1.49. The van der Waals surface area contributed by atoms with Crippen molar-refractivity contribution in [2.75, 3.05) is 20.3 Å². The van der Waals surface area contributed by atoms with Crippen LogP contribution in [-0.2, 0) is 11.3 Å². The van der Waals surface area contributed by atoms with Gasteiger partial charge in [0.15, 0.2) is 5.69 Å². The van der Waals surface area contributed by atoms with Crippen LogP contribution in [0.5, 0.6) is 0 Å². The molecule has 0 aliphatic carbocycles. The van der Waals surface area contributed by atoms with Gasteiger partial charge in [0.2, 0.25) is 0 Å². The Morgan fingerprint density at radius 1 is 1.30 bits per heavy atom. The number of aryl methyl sites for hydroxylation is 1. The van der Waals surface area contributed by atoms with Crippen molar-refractivity contribution >= 4 is 11.8 Å². The monoisotopic (exact) mass is 374 g/mol. The second-order valence-corrected chi connectivity index (χ2v) is 6.83. The lowest BCUT2D eigenvalue weighted by Gasteiger charge is -2.16. The van der Waals surface area contributed by atoms with E-state index in [9.17, 15) is 14.0 Å². The quantitative estimate of drug-likeness (QED) is 0.831. The van der Waals surface area contributed by atoms with Gasteiger partial charge in [0.25, 0.3) is 11.8 Å². The average molecular weight is 374 g/mol. The summed E-state index contributed by atoms with van der Waals surface area (Å²) >= 11 is 0. The van der Waals surface area contributed by atoms with Crippen molar-refractivity contribution in [3.8, 4) is 0 Å². The maximum atomic E-state index is 13.9. The van der Waals surface area contributed by atoms with Crippen LogP contribution >= 0.6 is 0 Å². The van der Waals surface area contributed by atoms with E-state index in [4.69, 9.17) is 4.74 Å². The third kappa shape index (κ3) is 4.16. The highest BCUT2D eigenvalue weighted by Gasteiger charge is 2.28. The van der Waals surface area contributed by atoms with Gasteiger partial charge in [-0.2, -0.15) is 5.10 Å². The van der Waals surface area contributed by atoms with Gasteiger partial charge >= 0.3 is 0 Å². The molecule has 2 unspecified atom stereocenters. The lowest BCUT2D eigenvalue weighted by atomic mass is 10.1. The molecule has 1 fully saturated rings. The fourth-order valence-corrected chi connectivity index (χ4v) is 2.95. The van der Waals surface area contributed by atoms with Crippen LogP contribution in [-0.4, -0.2) is 47.9 Å². The topological polar surface area (TPSA) is 85.3 Å². The van der Waals surface area contributed by atoms with E-state index in [0.29, 0.717) is 24.3 Å². The van der Waals surface area contributed by atoms with Gasteiger partial charge in [0, 0.05) is 19.0 Å². The predicted molar refractivity (Wildman–Crippen MR) is 97.1 cm³/mol. The lowest BCUT2D eigenvalue weighted by molar-refractivity contribution is 0.0914. The fourth-order valence-electron chi connectivity index (χ4n) is 2.95. The number of carbonyl (C=O) groups excluding carboxylic acids is 2. The summed E-state index contributed by atoms with van der Waals surface area (Å²) in [5, 5.41) is 9.66. The Kier molecular flexibility index (Phi) is 5.55. The first kappa shape index (κ1) is 19.0. The van der Waals surface area contributed by atoms with Crippen molar-refractivity contribution in [2.45, 2.75) is 26.4 Å². The molecule has 0 bridgehead atoms. The first-order chi connectivity index (χ1) is 12.9. The normalized spacial score (nSPS) is 19.1. The highest BCUT2D eigenvalue weighted by molar-refractivity contribution is 5.98. The van der Waals surface area contributed by atoms with Crippen LogP contribution in [0.3, 0.4) is 0 Å². The zero-order valence-electron chi connectivity index (χ0n) is 15.6. The molecule has 1 aliphatic heterocycles. The van der Waals surface area contributed by atoms with Crippen molar-refractivity contribution in [3.05, 3.63) is 52.6 Å². The molecule has 7 nitrogen and oxygen atoms in total. The minimum absolute atomic E-state index is 0.0962. The minimum atomic E-state index is -0.393. The van der Waals surface area contributed by atoms with Crippen LogP contribution in [0.25, 0.3) is 0 Å². The largest absolute Gasteiger partial charge is 0.379 e. The molecule has 2 atom stereocenters. The maximum Gasteiger partial charge on any atom is 0.271 e. The molecular formula is C19H23FN4O3. The molecule has 27 heavy (non-hydrogen) atoms. The van der Waals surface area contributed by atoms with Gasteiger partial charge in [-0.15, -0.1) is 0 Å². The smallest absolute Gasteiger partial charge is 0.271 e. The second-order valence-electron chi connectivity index (χ2n) is 6.83. The van der Waals surface area contributed by atoms with E-state index >= 15 is 0 Å². The third-order valence-electron chi connectivity index (χ3n) is 4.72. The summed E-state index contributed by atoms with van der Waals surface area (Å²) in [5.41, 5.74) is 1.56. The molecular weight excluding hydrogens is 351 g/mol. The molecule has 2 heterocycles. The van der Waals surface area contributed by atoms with E-state index < -0.39 is 5.91 Å². The SMILES string of the molecule is CNC(=O)c1cc(C(=O)NC2COCC2C)n(Cc2ccc(C)c(F)c2)n1. The van der Waals surface area contributed by atoms with E-state index in [1.807, 2.05) is 6.92 Å². The number of halogens is 1. The summed E-state index contributed by atoms with van der Waals surface area (Å²) in [6, 6.07) is 6.20. The Bertz CT molecular complexity index is 865. The molecule has 1 saturated heterocycles. The van der Waals surface area contributed by atoms with Gasteiger partial charge in [0.1, 0.15) is 11.5 Å². The standard InChI is InChI=1S/C19H23FN4O3/c1-11-4-5-13(6-14(11)20)8-24-17(7-15(23-24)18(25)21-3)19(26)22-16-10-27-9-12(16)2/h4-7,12,16H,8-10H2,1-3H3,(H,21,25)(H,22,26). The number of amides is 2. The predicted octanol–water partition coefficient (Wildman–Crippen LogP) is 1.50. The van der Waals surface area contributed by atoms with Gasteiger partial charge in [0.05, 0.1) is 25.8 Å². The highest BCUT2D eigenvalue weighted by Crippen LogP contribution is 2.16. The van der Waals surface area contributed by atoms with Gasteiger partial charge in [-0.1, -0.05) is 19.1 Å². The van der Waals surface area contributed by atoms with Crippen LogP contribution in [0.15, 0.2) is 24.3 Å². The Hall–Kier alpha value is -2.74. The van der Waals surface area contributed by atoms with Gasteiger partial charge in [-0.3, -0.25) is 14.3 Å². The van der Waals surface area contributed by atoms with E-state index in [0.717, 1.165) is 0 Å². The maximum absolute atomic E-state index is 13.9. The molecule has 0 radical (unpaired) electrons. The van der Waals surface area contributed by atoms with Crippen molar-refractivity contribution < 1.29 is 18.7 Å². The first-order valence-electron chi connectivity index (χ1n) is 8.82. The fraction of sp³-hybridized carbons (Fsp3) is 0.421. The highest BCUT2D eigenvalue weighted by atomic mass is 19.1. The minimum Gasteiger partial charge on any atom is -0.379 e. The Morgan fingerprint density at radius 2 is 2.07 bits per heavy atom. The Labute approximate surface area is 156 Å². The van der Waals surface area contributed by atoms with Crippen molar-refractivity contribution in [1.82, 2.24) is 20.4 Å². The number of hydrogen-bond donors (Lipinski definition) is 2. The average Bonchev–Trinajstić information content (AvgIpc) is 3.24. The van der Waals surface area contributed by atoms with Gasteiger partial charge in [-0.05, 0) is 24.1 Å². The summed E-state index contributed by atoms with van der Waals surface area (Å²) in [4.78, 5) is 24.7. The Morgan fingerprint density at radius 3 is 2.70 bits per heavy atom. The number of nitrogens with one attached hydrogen (secondary N) is 2. The molecule has 2 N–H and O–H groups in total. The number of rotatable bonds is 5. The molecule has 3 rings (SSSR count).